The SMILES string of the molecule is CC(=O)N(c1cc(Cl)ccc1Cl)C1CSC(=NC2CCCCC2)N1C.Cl. The zero-order valence-corrected chi connectivity index (χ0v) is 18.1. The molecule has 1 saturated carbocycles. The summed E-state index contributed by atoms with van der Waals surface area (Å²) < 4.78 is 0. The summed E-state index contributed by atoms with van der Waals surface area (Å²) >= 11 is 14.2. The number of amidine groups is 1. The summed E-state index contributed by atoms with van der Waals surface area (Å²) in [7, 11) is 2.00. The topological polar surface area (TPSA) is 35.9 Å². The maximum absolute atomic E-state index is 12.4. The third-order valence-corrected chi connectivity index (χ3v) is 6.45. The van der Waals surface area contributed by atoms with E-state index in [9.17, 15) is 4.79 Å². The fourth-order valence-corrected chi connectivity index (χ4v) is 5.04. The molecule has 8 heteroatoms. The van der Waals surface area contributed by atoms with Crippen LogP contribution >= 0.6 is 47.4 Å². The van der Waals surface area contributed by atoms with E-state index in [1.54, 1.807) is 41.8 Å². The number of carbonyl (C=O) groups excluding carboxylic acids is 1. The fraction of sp³-hybridized carbons (Fsp3) is 0.556. The third kappa shape index (κ3) is 4.80. The lowest BCUT2D eigenvalue weighted by atomic mass is 9.96. The van der Waals surface area contributed by atoms with E-state index in [1.165, 1.54) is 32.1 Å². The quantitative estimate of drug-likeness (QED) is 0.631. The minimum atomic E-state index is -0.110. The van der Waals surface area contributed by atoms with Crippen LogP contribution in [0.5, 0.6) is 0 Å². The lowest BCUT2D eigenvalue weighted by molar-refractivity contribution is -0.117. The largest absolute Gasteiger partial charge is 0.333 e. The first-order chi connectivity index (χ1) is 12.0. The maximum atomic E-state index is 12.4. The number of thioether (sulfide) groups is 1. The summed E-state index contributed by atoms with van der Waals surface area (Å²) in [6.07, 6.45) is 6.06. The number of hydrogen-bond donors (Lipinski definition) is 0. The molecular formula is C18H24Cl3N3OS. The van der Waals surface area contributed by atoms with Crippen LogP contribution in [-0.2, 0) is 4.79 Å². The lowest BCUT2D eigenvalue weighted by Crippen LogP contribution is -2.48. The molecule has 1 aromatic rings. The number of benzene rings is 1. The molecule has 1 amide bonds. The van der Waals surface area contributed by atoms with Crippen molar-refractivity contribution < 1.29 is 4.79 Å². The van der Waals surface area contributed by atoms with Crippen LogP contribution in [0.25, 0.3) is 0 Å². The van der Waals surface area contributed by atoms with Crippen molar-refractivity contribution >= 4 is 64.1 Å². The van der Waals surface area contributed by atoms with Gasteiger partial charge in [-0.25, -0.2) is 0 Å². The average Bonchev–Trinajstić information content (AvgIpc) is 2.93. The van der Waals surface area contributed by atoms with Gasteiger partial charge in [0.2, 0.25) is 5.91 Å². The predicted molar refractivity (Wildman–Crippen MR) is 115 cm³/mol. The molecule has 1 aromatic carbocycles. The van der Waals surface area contributed by atoms with Gasteiger partial charge in [-0.3, -0.25) is 14.7 Å². The summed E-state index contributed by atoms with van der Waals surface area (Å²) in [6, 6.07) is 5.63. The number of carbonyl (C=O) groups is 1. The minimum absolute atomic E-state index is 0. The Morgan fingerprint density at radius 3 is 2.62 bits per heavy atom. The van der Waals surface area contributed by atoms with Crippen LogP contribution in [0.15, 0.2) is 23.2 Å². The second kappa shape index (κ2) is 9.54. The van der Waals surface area contributed by atoms with Gasteiger partial charge in [-0.15, -0.1) is 12.4 Å². The molecular weight excluding hydrogens is 413 g/mol. The Balaban J connectivity index is 0.00000243. The number of aliphatic imine (C=N–C) groups is 1. The Morgan fingerprint density at radius 2 is 1.96 bits per heavy atom. The van der Waals surface area contributed by atoms with Crippen LogP contribution in [0.1, 0.15) is 39.0 Å². The van der Waals surface area contributed by atoms with E-state index < -0.39 is 0 Å². The summed E-state index contributed by atoms with van der Waals surface area (Å²) in [5.74, 6) is 0.713. The van der Waals surface area contributed by atoms with Gasteiger partial charge in [0.25, 0.3) is 0 Å². The first kappa shape index (κ1) is 21.7. The maximum Gasteiger partial charge on any atom is 0.225 e. The number of nitrogens with zero attached hydrogens (tertiary/aromatic N) is 3. The van der Waals surface area contributed by atoms with Crippen LogP contribution in [0.3, 0.4) is 0 Å². The average molecular weight is 437 g/mol. The van der Waals surface area contributed by atoms with E-state index in [4.69, 9.17) is 28.2 Å². The Morgan fingerprint density at radius 1 is 1.27 bits per heavy atom. The smallest absolute Gasteiger partial charge is 0.225 e. The number of hydrogen-bond acceptors (Lipinski definition) is 3. The monoisotopic (exact) mass is 435 g/mol. The number of rotatable bonds is 3. The van der Waals surface area contributed by atoms with Crippen LogP contribution in [0, 0.1) is 0 Å². The fourth-order valence-electron chi connectivity index (χ4n) is 3.44. The molecule has 0 N–H and O–H groups in total. The second-order valence-corrected chi connectivity index (χ2v) is 8.42. The Hall–Kier alpha value is -0.620. The third-order valence-electron chi connectivity index (χ3n) is 4.78. The standard InChI is InChI=1S/C18H23Cl2N3OS.ClH/c1-12(24)23(16-10-13(19)8-9-15(16)20)17-11-25-18(22(17)2)21-14-6-4-3-5-7-14;/h8-10,14,17H,3-7,11H2,1-2H3;1H. The summed E-state index contributed by atoms with van der Waals surface area (Å²) in [4.78, 5) is 21.2. The molecule has 0 spiro atoms. The van der Waals surface area contributed by atoms with Gasteiger partial charge in [-0.2, -0.15) is 0 Å². The van der Waals surface area contributed by atoms with Gasteiger partial charge in [-0.05, 0) is 31.0 Å². The van der Waals surface area contributed by atoms with Gasteiger partial charge < -0.3 is 4.90 Å². The van der Waals surface area contributed by atoms with E-state index in [0.717, 1.165) is 10.9 Å². The highest BCUT2D eigenvalue weighted by atomic mass is 35.5. The van der Waals surface area contributed by atoms with Gasteiger partial charge in [-0.1, -0.05) is 54.2 Å². The molecule has 2 aliphatic rings. The van der Waals surface area contributed by atoms with E-state index in [-0.39, 0.29) is 24.5 Å². The molecule has 144 valence electrons. The van der Waals surface area contributed by atoms with E-state index in [2.05, 4.69) is 4.90 Å². The van der Waals surface area contributed by atoms with Crippen molar-refractivity contribution in [3.05, 3.63) is 28.2 Å². The van der Waals surface area contributed by atoms with Crippen molar-refractivity contribution in [2.75, 3.05) is 17.7 Å². The number of halogens is 3. The molecule has 1 aliphatic heterocycles. The highest BCUT2D eigenvalue weighted by Crippen LogP contribution is 2.35. The molecule has 0 bridgehead atoms. The zero-order chi connectivity index (χ0) is 18.0. The van der Waals surface area contributed by atoms with Crippen molar-refractivity contribution in [3.63, 3.8) is 0 Å². The molecule has 1 atom stereocenters. The van der Waals surface area contributed by atoms with Crippen molar-refractivity contribution in [1.82, 2.24) is 4.90 Å². The highest BCUT2D eigenvalue weighted by molar-refractivity contribution is 8.14. The van der Waals surface area contributed by atoms with Gasteiger partial charge in [0.05, 0.1) is 16.8 Å². The van der Waals surface area contributed by atoms with Crippen molar-refractivity contribution in [1.29, 1.82) is 0 Å². The highest BCUT2D eigenvalue weighted by Gasteiger charge is 2.35. The predicted octanol–water partition coefficient (Wildman–Crippen LogP) is 5.46. The van der Waals surface area contributed by atoms with Gasteiger partial charge in [0.15, 0.2) is 5.17 Å². The lowest BCUT2D eigenvalue weighted by Gasteiger charge is -2.33. The van der Waals surface area contributed by atoms with Crippen molar-refractivity contribution in [3.8, 4) is 0 Å². The number of anilines is 1. The molecule has 0 aromatic heterocycles. The van der Waals surface area contributed by atoms with E-state index in [1.807, 2.05) is 7.05 Å². The molecule has 4 nitrogen and oxygen atoms in total. The number of amides is 1. The van der Waals surface area contributed by atoms with Gasteiger partial charge >= 0.3 is 0 Å². The molecule has 26 heavy (non-hydrogen) atoms. The van der Waals surface area contributed by atoms with Crippen LogP contribution in [0.4, 0.5) is 5.69 Å². The van der Waals surface area contributed by atoms with Gasteiger partial charge in [0, 0.05) is 24.7 Å². The molecule has 1 heterocycles. The molecule has 0 radical (unpaired) electrons. The molecule has 1 aliphatic carbocycles. The van der Waals surface area contributed by atoms with E-state index in [0.29, 0.717) is 21.8 Å². The molecule has 3 rings (SSSR count). The van der Waals surface area contributed by atoms with Crippen LogP contribution in [0.2, 0.25) is 10.0 Å². The first-order valence-electron chi connectivity index (χ1n) is 8.65. The van der Waals surface area contributed by atoms with Crippen LogP contribution in [-0.4, -0.2) is 41.0 Å². The van der Waals surface area contributed by atoms with Crippen LogP contribution < -0.4 is 4.90 Å². The van der Waals surface area contributed by atoms with Crippen molar-refractivity contribution in [2.24, 2.45) is 4.99 Å². The molecule has 1 saturated heterocycles. The zero-order valence-electron chi connectivity index (χ0n) is 15.0. The second-order valence-electron chi connectivity index (χ2n) is 6.59. The summed E-state index contributed by atoms with van der Waals surface area (Å²) in [5, 5.41) is 2.10. The Bertz CT molecular complexity index is 680. The Labute approximate surface area is 175 Å². The van der Waals surface area contributed by atoms with E-state index >= 15 is 0 Å². The summed E-state index contributed by atoms with van der Waals surface area (Å²) in [5.41, 5.74) is 0.651. The first-order valence-corrected chi connectivity index (χ1v) is 10.4. The normalized spacial score (nSPS) is 22.4. The minimum Gasteiger partial charge on any atom is -0.333 e. The summed E-state index contributed by atoms with van der Waals surface area (Å²) in [6.45, 7) is 1.56. The van der Waals surface area contributed by atoms with Gasteiger partial charge in [0.1, 0.15) is 6.17 Å². The van der Waals surface area contributed by atoms with Crippen molar-refractivity contribution in [2.45, 2.75) is 51.2 Å². The Kier molecular flexibility index (Phi) is 7.95. The molecule has 1 unspecified atom stereocenters. The molecule has 2 fully saturated rings.